The summed E-state index contributed by atoms with van der Waals surface area (Å²) in [6, 6.07) is 9.39. The fourth-order valence-corrected chi connectivity index (χ4v) is 3.30. The summed E-state index contributed by atoms with van der Waals surface area (Å²) < 4.78 is 7.06. The molecule has 0 aliphatic carbocycles. The third kappa shape index (κ3) is 3.46. The minimum Gasteiger partial charge on any atom is -0.458 e. The summed E-state index contributed by atoms with van der Waals surface area (Å²) in [5.41, 5.74) is 2.20. The molecule has 25 heavy (non-hydrogen) atoms. The van der Waals surface area contributed by atoms with Crippen molar-refractivity contribution >= 4 is 23.7 Å². The summed E-state index contributed by atoms with van der Waals surface area (Å²) in [5.74, 6) is 1.12. The molecular weight excluding hydrogens is 336 g/mol. The maximum atomic E-state index is 12.7. The van der Waals surface area contributed by atoms with Crippen LogP contribution in [0.3, 0.4) is 0 Å². The van der Waals surface area contributed by atoms with E-state index in [1.54, 1.807) is 22.5 Å². The van der Waals surface area contributed by atoms with Gasteiger partial charge in [-0.15, -0.1) is 5.10 Å². The molecule has 0 amide bonds. The van der Waals surface area contributed by atoms with Crippen LogP contribution in [-0.2, 0) is 9.53 Å². The summed E-state index contributed by atoms with van der Waals surface area (Å²) in [6.07, 6.45) is 1.55. The molecule has 0 radical (unpaired) electrons. The Hall–Kier alpha value is -2.54. The first-order valence-electron chi connectivity index (χ1n) is 8.05. The second-order valence-corrected chi connectivity index (χ2v) is 6.69. The number of aromatic nitrogens is 3. The van der Waals surface area contributed by atoms with Crippen molar-refractivity contribution in [3.63, 3.8) is 0 Å². The fraction of sp³-hybridized carbons (Fsp3) is 0.278. The number of hydrogen-bond acceptors (Lipinski definition) is 6. The molecule has 1 aromatic carbocycles. The number of nitrogens with one attached hydrogen (secondary N) is 1. The van der Waals surface area contributed by atoms with Crippen LogP contribution in [0.2, 0.25) is 0 Å². The molecule has 0 spiro atoms. The Balaban J connectivity index is 2.08. The Labute approximate surface area is 151 Å². The van der Waals surface area contributed by atoms with Gasteiger partial charge in [-0.1, -0.05) is 61.7 Å². The van der Waals surface area contributed by atoms with Gasteiger partial charge in [-0.25, -0.2) is 9.48 Å². The van der Waals surface area contributed by atoms with Crippen LogP contribution in [0.15, 0.2) is 59.4 Å². The molecule has 1 unspecified atom stereocenters. The Bertz CT molecular complexity index is 814. The predicted octanol–water partition coefficient (Wildman–Crippen LogP) is 3.41. The minimum absolute atomic E-state index is 0.165. The van der Waals surface area contributed by atoms with E-state index in [0.29, 0.717) is 16.7 Å². The zero-order chi connectivity index (χ0) is 17.8. The second-order valence-electron chi connectivity index (χ2n) is 5.46. The van der Waals surface area contributed by atoms with Crippen LogP contribution in [0.4, 0.5) is 5.95 Å². The maximum Gasteiger partial charge on any atom is 0.338 e. The number of benzene rings is 1. The molecule has 1 aromatic heterocycles. The van der Waals surface area contributed by atoms with Gasteiger partial charge in [0.25, 0.3) is 0 Å². The molecule has 1 aliphatic heterocycles. The quantitative estimate of drug-likeness (QED) is 0.486. The van der Waals surface area contributed by atoms with Crippen LogP contribution in [0.5, 0.6) is 0 Å². The highest BCUT2D eigenvalue weighted by Crippen LogP contribution is 2.36. The van der Waals surface area contributed by atoms with E-state index in [0.717, 1.165) is 17.0 Å². The van der Waals surface area contributed by atoms with Gasteiger partial charge in [-0.3, -0.25) is 0 Å². The van der Waals surface area contributed by atoms with Gasteiger partial charge in [0.05, 0.1) is 5.57 Å². The normalized spacial score (nSPS) is 16.2. The monoisotopic (exact) mass is 356 g/mol. The second kappa shape index (κ2) is 7.57. The lowest BCUT2D eigenvalue weighted by Gasteiger charge is -2.28. The zero-order valence-electron chi connectivity index (χ0n) is 14.2. The van der Waals surface area contributed by atoms with Gasteiger partial charge in [0.1, 0.15) is 12.6 Å². The average Bonchev–Trinajstić information content (AvgIpc) is 3.01. The Kier molecular flexibility index (Phi) is 5.23. The topological polar surface area (TPSA) is 69.0 Å². The molecule has 2 aromatic rings. The first-order chi connectivity index (χ1) is 12.2. The Morgan fingerprint density at radius 1 is 1.44 bits per heavy atom. The summed E-state index contributed by atoms with van der Waals surface area (Å²) >= 11 is 1.56. The molecule has 2 heterocycles. The largest absolute Gasteiger partial charge is 0.458 e. The van der Waals surface area contributed by atoms with Crippen molar-refractivity contribution in [3.05, 3.63) is 59.8 Å². The Morgan fingerprint density at radius 2 is 2.20 bits per heavy atom. The van der Waals surface area contributed by atoms with Crippen molar-refractivity contribution in [1.82, 2.24) is 14.8 Å². The Morgan fingerprint density at radius 3 is 2.88 bits per heavy atom. The third-order valence-electron chi connectivity index (χ3n) is 3.77. The van der Waals surface area contributed by atoms with Gasteiger partial charge in [-0.2, -0.15) is 4.98 Å². The SMILES string of the molecule is C=CCOC(=O)C1=C(C)Nc2nc(SCC)nn2C1c1ccccc1. The van der Waals surface area contributed by atoms with E-state index in [9.17, 15) is 4.79 Å². The number of carbonyl (C=O) groups excluding carboxylic acids is 1. The van der Waals surface area contributed by atoms with Gasteiger partial charge in [0, 0.05) is 5.70 Å². The van der Waals surface area contributed by atoms with Crippen molar-refractivity contribution < 1.29 is 9.53 Å². The number of carbonyl (C=O) groups is 1. The first-order valence-corrected chi connectivity index (χ1v) is 9.04. The van der Waals surface area contributed by atoms with Crippen LogP contribution >= 0.6 is 11.8 Å². The van der Waals surface area contributed by atoms with E-state index in [2.05, 4.69) is 22.0 Å². The maximum absolute atomic E-state index is 12.7. The lowest BCUT2D eigenvalue weighted by Crippen LogP contribution is -2.29. The first kappa shape index (κ1) is 17.3. The van der Waals surface area contributed by atoms with Crippen LogP contribution < -0.4 is 5.32 Å². The zero-order valence-corrected chi connectivity index (χ0v) is 15.0. The average molecular weight is 356 g/mol. The van der Waals surface area contributed by atoms with Gasteiger partial charge in [0.2, 0.25) is 11.1 Å². The number of fused-ring (bicyclic) bond motifs is 1. The van der Waals surface area contributed by atoms with Crippen molar-refractivity contribution in [2.45, 2.75) is 25.0 Å². The highest BCUT2D eigenvalue weighted by atomic mass is 32.2. The fourth-order valence-electron chi connectivity index (χ4n) is 2.74. The highest BCUT2D eigenvalue weighted by Gasteiger charge is 2.35. The summed E-state index contributed by atoms with van der Waals surface area (Å²) in [6.45, 7) is 7.66. The van der Waals surface area contributed by atoms with Gasteiger partial charge in [-0.05, 0) is 18.2 Å². The molecule has 7 heteroatoms. The number of rotatable bonds is 6. The lowest BCUT2D eigenvalue weighted by molar-refractivity contribution is -0.138. The van der Waals surface area contributed by atoms with Crippen LogP contribution in [0.1, 0.15) is 25.5 Å². The summed E-state index contributed by atoms with van der Waals surface area (Å²) in [7, 11) is 0. The molecule has 3 rings (SSSR count). The molecule has 1 aliphatic rings. The number of thioether (sulfide) groups is 1. The smallest absolute Gasteiger partial charge is 0.338 e. The molecule has 1 atom stereocenters. The molecule has 0 saturated carbocycles. The third-order valence-corrected chi connectivity index (χ3v) is 4.49. The number of nitrogens with zero attached hydrogens (tertiary/aromatic N) is 3. The number of hydrogen-bond donors (Lipinski definition) is 1. The standard InChI is InChI=1S/C18H20N4O2S/c1-4-11-24-16(23)14-12(3)19-17-20-18(25-5-2)21-22(17)15(14)13-9-7-6-8-10-13/h4,6-10,15H,1,5,11H2,2-3H3,(H,19,20,21). The molecular formula is C18H20N4O2S. The molecule has 1 N–H and O–H groups in total. The van der Waals surface area contributed by atoms with E-state index in [1.807, 2.05) is 44.2 Å². The number of ether oxygens (including phenoxy) is 1. The van der Waals surface area contributed by atoms with Gasteiger partial charge in [0.15, 0.2) is 0 Å². The van der Waals surface area contributed by atoms with E-state index in [1.165, 1.54) is 0 Å². The van der Waals surface area contributed by atoms with Gasteiger partial charge >= 0.3 is 5.97 Å². The van der Waals surface area contributed by atoms with E-state index in [-0.39, 0.29) is 18.6 Å². The summed E-state index contributed by atoms with van der Waals surface area (Å²) in [5, 5.41) is 8.44. The number of allylic oxidation sites excluding steroid dienone is 1. The molecule has 0 fully saturated rings. The molecule has 0 bridgehead atoms. The van der Waals surface area contributed by atoms with Crippen LogP contribution in [-0.4, -0.2) is 33.1 Å². The van der Waals surface area contributed by atoms with Crippen LogP contribution in [0.25, 0.3) is 0 Å². The predicted molar refractivity (Wildman–Crippen MR) is 98.5 cm³/mol. The van der Waals surface area contributed by atoms with Gasteiger partial charge < -0.3 is 10.1 Å². The molecule has 0 saturated heterocycles. The van der Waals surface area contributed by atoms with Crippen molar-refractivity contribution in [2.24, 2.45) is 0 Å². The number of esters is 1. The van der Waals surface area contributed by atoms with Crippen molar-refractivity contribution in [2.75, 3.05) is 17.7 Å². The molecule has 130 valence electrons. The van der Waals surface area contributed by atoms with E-state index >= 15 is 0 Å². The number of anilines is 1. The van der Waals surface area contributed by atoms with Crippen molar-refractivity contribution in [1.29, 1.82) is 0 Å². The minimum atomic E-state index is -0.385. The van der Waals surface area contributed by atoms with Crippen LogP contribution in [0, 0.1) is 0 Å². The van der Waals surface area contributed by atoms with E-state index in [4.69, 9.17) is 4.74 Å². The summed E-state index contributed by atoms with van der Waals surface area (Å²) in [4.78, 5) is 17.2. The molecule has 6 nitrogen and oxygen atoms in total. The van der Waals surface area contributed by atoms with E-state index < -0.39 is 0 Å². The van der Waals surface area contributed by atoms with Crippen molar-refractivity contribution in [3.8, 4) is 0 Å². The lowest BCUT2D eigenvalue weighted by atomic mass is 9.96. The highest BCUT2D eigenvalue weighted by molar-refractivity contribution is 7.99.